The largest absolute Gasteiger partial charge is 0.544 e. The number of rotatable bonds is 5. The van der Waals surface area contributed by atoms with Crippen molar-refractivity contribution < 1.29 is 9.16 Å². The molecular formula is C15H27NO2Si. The van der Waals surface area contributed by atoms with Crippen LogP contribution >= 0.6 is 0 Å². The minimum Gasteiger partial charge on any atom is -0.544 e. The molecule has 108 valence electrons. The van der Waals surface area contributed by atoms with Crippen LogP contribution in [0.1, 0.15) is 32.4 Å². The summed E-state index contributed by atoms with van der Waals surface area (Å²) >= 11 is 0. The van der Waals surface area contributed by atoms with Crippen molar-refractivity contribution in [3.05, 3.63) is 29.8 Å². The van der Waals surface area contributed by atoms with Crippen LogP contribution in [0.4, 0.5) is 0 Å². The number of methoxy groups -OCH3 is 1. The highest BCUT2D eigenvalue weighted by Crippen LogP contribution is 2.37. The topological polar surface area (TPSA) is 44.5 Å². The molecule has 19 heavy (non-hydrogen) atoms. The number of nitrogens with two attached hydrogens (primary N) is 1. The van der Waals surface area contributed by atoms with Crippen LogP contribution in [-0.2, 0) is 4.74 Å². The van der Waals surface area contributed by atoms with Crippen molar-refractivity contribution in [2.24, 2.45) is 5.73 Å². The summed E-state index contributed by atoms with van der Waals surface area (Å²) in [5, 5.41) is 0.206. The lowest BCUT2D eigenvalue weighted by atomic mass is 10.1. The summed E-state index contributed by atoms with van der Waals surface area (Å²) in [5.74, 6) is 0.933. The molecule has 1 aromatic rings. The van der Waals surface area contributed by atoms with Crippen LogP contribution in [0.15, 0.2) is 24.3 Å². The van der Waals surface area contributed by atoms with E-state index in [-0.39, 0.29) is 11.1 Å². The molecule has 4 heteroatoms. The Morgan fingerprint density at radius 2 is 1.68 bits per heavy atom. The standard InChI is InChI=1S/C15H27NO2Si/c1-15(2,3)19(5,6)18-13-9-7-12(8-10-13)14(11-16)17-4/h7-10,14H,11,16H2,1-6H3/t14-/m1/s1. The lowest BCUT2D eigenvalue weighted by Crippen LogP contribution is -2.43. The van der Waals surface area contributed by atoms with Crippen LogP contribution in [0.25, 0.3) is 0 Å². The molecule has 0 fully saturated rings. The highest BCUT2D eigenvalue weighted by molar-refractivity contribution is 6.74. The molecule has 0 saturated heterocycles. The molecule has 1 atom stereocenters. The first-order valence-electron chi connectivity index (χ1n) is 6.73. The van der Waals surface area contributed by atoms with E-state index in [4.69, 9.17) is 14.9 Å². The molecule has 0 aliphatic carbocycles. The second-order valence-corrected chi connectivity index (χ2v) is 11.1. The molecule has 0 radical (unpaired) electrons. The maximum atomic E-state index is 6.24. The van der Waals surface area contributed by atoms with E-state index in [1.165, 1.54) is 0 Å². The van der Waals surface area contributed by atoms with E-state index in [0.717, 1.165) is 11.3 Å². The summed E-state index contributed by atoms with van der Waals surface area (Å²) in [6.45, 7) is 11.7. The Bertz CT molecular complexity index is 392. The predicted octanol–water partition coefficient (Wildman–Crippen LogP) is 3.72. The molecule has 0 unspecified atom stereocenters. The van der Waals surface area contributed by atoms with Crippen molar-refractivity contribution in [1.29, 1.82) is 0 Å². The smallest absolute Gasteiger partial charge is 0.250 e. The Morgan fingerprint density at radius 1 is 1.16 bits per heavy atom. The molecule has 2 N–H and O–H groups in total. The summed E-state index contributed by atoms with van der Waals surface area (Å²) < 4.78 is 11.6. The van der Waals surface area contributed by atoms with E-state index < -0.39 is 8.32 Å². The third-order valence-corrected chi connectivity index (χ3v) is 8.29. The van der Waals surface area contributed by atoms with Gasteiger partial charge in [-0.2, -0.15) is 0 Å². The Balaban J connectivity index is 2.83. The Labute approximate surface area is 118 Å². The van der Waals surface area contributed by atoms with Gasteiger partial charge in [0.15, 0.2) is 0 Å². The Kier molecular flexibility index (Phi) is 5.18. The van der Waals surface area contributed by atoms with E-state index in [1.807, 2.05) is 24.3 Å². The Hall–Kier alpha value is -0.843. The molecular weight excluding hydrogens is 254 g/mol. The van der Waals surface area contributed by atoms with Gasteiger partial charge in [0.05, 0.1) is 6.10 Å². The van der Waals surface area contributed by atoms with Crippen LogP contribution in [0.2, 0.25) is 18.1 Å². The third-order valence-electron chi connectivity index (χ3n) is 3.93. The highest BCUT2D eigenvalue weighted by Gasteiger charge is 2.38. The normalized spacial score (nSPS) is 14.3. The fourth-order valence-corrected chi connectivity index (χ4v) is 2.60. The summed E-state index contributed by atoms with van der Waals surface area (Å²) in [6.07, 6.45) is -0.0399. The second kappa shape index (κ2) is 6.07. The van der Waals surface area contributed by atoms with E-state index in [0.29, 0.717) is 6.54 Å². The van der Waals surface area contributed by atoms with Crippen molar-refractivity contribution in [2.45, 2.75) is 45.0 Å². The minimum atomic E-state index is -1.76. The minimum absolute atomic E-state index is 0.0399. The van der Waals surface area contributed by atoms with Crippen LogP contribution in [0.5, 0.6) is 5.75 Å². The van der Waals surface area contributed by atoms with Gasteiger partial charge in [0.1, 0.15) is 5.75 Å². The number of ether oxygens (including phenoxy) is 1. The van der Waals surface area contributed by atoms with Gasteiger partial charge >= 0.3 is 0 Å². The van der Waals surface area contributed by atoms with Gasteiger partial charge < -0.3 is 14.9 Å². The molecule has 0 bridgehead atoms. The molecule has 1 rings (SSSR count). The zero-order valence-corrected chi connectivity index (χ0v) is 14.0. The number of hydrogen-bond donors (Lipinski definition) is 1. The lowest BCUT2D eigenvalue weighted by Gasteiger charge is -2.36. The van der Waals surface area contributed by atoms with Crippen molar-refractivity contribution in [1.82, 2.24) is 0 Å². The van der Waals surface area contributed by atoms with E-state index in [9.17, 15) is 0 Å². The van der Waals surface area contributed by atoms with Crippen molar-refractivity contribution in [2.75, 3.05) is 13.7 Å². The van der Waals surface area contributed by atoms with Crippen LogP contribution in [0.3, 0.4) is 0 Å². The molecule has 0 aliphatic heterocycles. The van der Waals surface area contributed by atoms with E-state index in [2.05, 4.69) is 33.9 Å². The van der Waals surface area contributed by atoms with Crippen LogP contribution < -0.4 is 10.2 Å². The van der Waals surface area contributed by atoms with Crippen molar-refractivity contribution in [3.8, 4) is 5.75 Å². The molecule has 0 heterocycles. The number of hydrogen-bond acceptors (Lipinski definition) is 3. The van der Waals surface area contributed by atoms with E-state index >= 15 is 0 Å². The van der Waals surface area contributed by atoms with Crippen molar-refractivity contribution >= 4 is 8.32 Å². The highest BCUT2D eigenvalue weighted by atomic mass is 28.4. The average molecular weight is 281 g/mol. The molecule has 1 aromatic carbocycles. The zero-order chi connectivity index (χ0) is 14.7. The van der Waals surface area contributed by atoms with Gasteiger partial charge in [-0.25, -0.2) is 0 Å². The zero-order valence-electron chi connectivity index (χ0n) is 13.0. The van der Waals surface area contributed by atoms with Gasteiger partial charge in [-0.05, 0) is 35.8 Å². The van der Waals surface area contributed by atoms with Crippen molar-refractivity contribution in [3.63, 3.8) is 0 Å². The third kappa shape index (κ3) is 4.06. The van der Waals surface area contributed by atoms with E-state index in [1.54, 1.807) is 7.11 Å². The lowest BCUT2D eigenvalue weighted by molar-refractivity contribution is 0.110. The summed E-state index contributed by atoms with van der Waals surface area (Å²) in [4.78, 5) is 0. The van der Waals surface area contributed by atoms with Gasteiger partial charge in [0.2, 0.25) is 8.32 Å². The molecule has 0 amide bonds. The molecule has 3 nitrogen and oxygen atoms in total. The first-order valence-corrected chi connectivity index (χ1v) is 9.64. The van der Waals surface area contributed by atoms with Crippen LogP contribution in [0, 0.1) is 0 Å². The second-order valence-electron chi connectivity index (χ2n) is 6.39. The predicted molar refractivity (Wildman–Crippen MR) is 83.1 cm³/mol. The SMILES string of the molecule is CO[C@H](CN)c1ccc(O[Si](C)(C)C(C)(C)C)cc1. The summed E-state index contributed by atoms with van der Waals surface area (Å²) in [5.41, 5.74) is 6.75. The first-order chi connectivity index (χ1) is 8.71. The van der Waals surface area contributed by atoms with Gasteiger partial charge in [0, 0.05) is 13.7 Å². The maximum absolute atomic E-state index is 6.24. The monoisotopic (exact) mass is 281 g/mol. The quantitative estimate of drug-likeness (QED) is 0.837. The summed E-state index contributed by atoms with van der Waals surface area (Å²) in [7, 11) is -0.0847. The fourth-order valence-electron chi connectivity index (χ4n) is 1.57. The van der Waals surface area contributed by atoms with Crippen LogP contribution in [-0.4, -0.2) is 22.0 Å². The molecule has 0 aromatic heterocycles. The molecule has 0 spiro atoms. The molecule has 0 aliphatic rings. The van der Waals surface area contributed by atoms with Gasteiger partial charge in [0.25, 0.3) is 0 Å². The maximum Gasteiger partial charge on any atom is 0.250 e. The van der Waals surface area contributed by atoms with Gasteiger partial charge in [-0.1, -0.05) is 32.9 Å². The first kappa shape index (κ1) is 16.2. The summed E-state index contributed by atoms with van der Waals surface area (Å²) in [6, 6.07) is 8.09. The average Bonchev–Trinajstić information content (AvgIpc) is 2.31. The Morgan fingerprint density at radius 3 is 2.05 bits per heavy atom. The number of benzene rings is 1. The van der Waals surface area contributed by atoms with Gasteiger partial charge in [-0.15, -0.1) is 0 Å². The fraction of sp³-hybridized carbons (Fsp3) is 0.600. The molecule has 0 saturated carbocycles. The van der Waals surface area contributed by atoms with Gasteiger partial charge in [-0.3, -0.25) is 0 Å².